The summed E-state index contributed by atoms with van der Waals surface area (Å²) in [5.41, 5.74) is 1.11. The normalized spacial score (nSPS) is 28.7. The number of benzene rings is 1. The van der Waals surface area contributed by atoms with E-state index in [0.29, 0.717) is 0 Å². The van der Waals surface area contributed by atoms with Crippen molar-refractivity contribution in [3.63, 3.8) is 0 Å². The van der Waals surface area contributed by atoms with Crippen molar-refractivity contribution >= 4 is 6.08 Å². The Balaban J connectivity index is 2.10. The molecule has 1 fully saturated rings. The second-order valence-electron chi connectivity index (χ2n) is 5.08. The number of aliphatic hydroxyl groups is 1. The second kappa shape index (κ2) is 5.22. The molecule has 1 aromatic carbocycles. The minimum absolute atomic E-state index is 0.222. The summed E-state index contributed by atoms with van der Waals surface area (Å²) in [5, 5.41) is 9.71. The third kappa shape index (κ3) is 3.19. The molecule has 1 heterocycles. The van der Waals surface area contributed by atoms with Crippen molar-refractivity contribution in [1.29, 1.82) is 0 Å². The van der Waals surface area contributed by atoms with Crippen LogP contribution in [0.25, 0.3) is 6.08 Å². The fourth-order valence-electron chi connectivity index (χ4n) is 2.11. The van der Waals surface area contributed by atoms with Crippen molar-refractivity contribution in [3.05, 3.63) is 42.0 Å². The molecule has 0 amide bonds. The molecule has 3 atom stereocenters. The highest BCUT2D eigenvalue weighted by Crippen LogP contribution is 2.30. The van der Waals surface area contributed by atoms with Crippen LogP contribution < -0.4 is 0 Å². The Morgan fingerprint density at radius 2 is 1.89 bits per heavy atom. The SMILES string of the molecule is C[C@H](O)[C@H]1OC(C)(C)O[C@H]1/C=C/c1ccccc1. The van der Waals surface area contributed by atoms with E-state index in [2.05, 4.69) is 0 Å². The summed E-state index contributed by atoms with van der Waals surface area (Å²) in [6, 6.07) is 10.0. The average molecular weight is 248 g/mol. The predicted octanol–water partition coefficient (Wildman–Crippen LogP) is 2.60. The van der Waals surface area contributed by atoms with E-state index < -0.39 is 11.9 Å². The molecule has 3 heteroatoms. The van der Waals surface area contributed by atoms with Gasteiger partial charge in [0.05, 0.1) is 6.10 Å². The van der Waals surface area contributed by atoms with Crippen molar-refractivity contribution in [2.75, 3.05) is 0 Å². The third-order valence-corrected chi connectivity index (χ3v) is 2.92. The molecule has 3 nitrogen and oxygen atoms in total. The molecule has 1 saturated heterocycles. The first-order valence-electron chi connectivity index (χ1n) is 6.25. The molecular weight excluding hydrogens is 228 g/mol. The Labute approximate surface area is 108 Å². The van der Waals surface area contributed by atoms with Crippen LogP contribution in [0.1, 0.15) is 26.3 Å². The van der Waals surface area contributed by atoms with Crippen LogP contribution in [0.2, 0.25) is 0 Å². The van der Waals surface area contributed by atoms with Crippen molar-refractivity contribution in [2.24, 2.45) is 0 Å². The smallest absolute Gasteiger partial charge is 0.164 e. The van der Waals surface area contributed by atoms with Gasteiger partial charge < -0.3 is 14.6 Å². The molecule has 0 radical (unpaired) electrons. The van der Waals surface area contributed by atoms with E-state index in [1.165, 1.54) is 0 Å². The maximum absolute atomic E-state index is 9.71. The molecule has 1 aliphatic heterocycles. The zero-order valence-corrected chi connectivity index (χ0v) is 11.0. The molecule has 0 bridgehead atoms. The summed E-state index contributed by atoms with van der Waals surface area (Å²) in [4.78, 5) is 0. The summed E-state index contributed by atoms with van der Waals surface area (Å²) < 4.78 is 11.5. The summed E-state index contributed by atoms with van der Waals surface area (Å²) in [5.74, 6) is -0.645. The van der Waals surface area contributed by atoms with Gasteiger partial charge in [-0.15, -0.1) is 0 Å². The molecule has 0 saturated carbocycles. The van der Waals surface area contributed by atoms with Gasteiger partial charge in [-0.05, 0) is 26.3 Å². The predicted molar refractivity (Wildman–Crippen MR) is 71.0 cm³/mol. The lowest BCUT2D eigenvalue weighted by molar-refractivity contribution is -0.152. The number of rotatable bonds is 3. The second-order valence-corrected chi connectivity index (χ2v) is 5.08. The van der Waals surface area contributed by atoms with Gasteiger partial charge in [0, 0.05) is 0 Å². The molecule has 18 heavy (non-hydrogen) atoms. The van der Waals surface area contributed by atoms with E-state index in [9.17, 15) is 5.11 Å². The van der Waals surface area contributed by atoms with Gasteiger partial charge in [0.2, 0.25) is 0 Å². The molecular formula is C15H20O3. The first-order valence-corrected chi connectivity index (χ1v) is 6.25. The lowest BCUT2D eigenvalue weighted by Crippen LogP contribution is -2.32. The Bertz CT molecular complexity index is 409. The largest absolute Gasteiger partial charge is 0.391 e. The van der Waals surface area contributed by atoms with Crippen LogP contribution in [0, 0.1) is 0 Å². The van der Waals surface area contributed by atoms with Crippen LogP contribution in [-0.4, -0.2) is 29.2 Å². The summed E-state index contributed by atoms with van der Waals surface area (Å²) in [6.45, 7) is 5.44. The monoisotopic (exact) mass is 248 g/mol. The van der Waals surface area contributed by atoms with Gasteiger partial charge in [-0.1, -0.05) is 42.5 Å². The van der Waals surface area contributed by atoms with Crippen LogP contribution in [0.15, 0.2) is 36.4 Å². The number of aliphatic hydroxyl groups excluding tert-OH is 1. The van der Waals surface area contributed by atoms with Crippen LogP contribution in [0.5, 0.6) is 0 Å². The summed E-state index contributed by atoms with van der Waals surface area (Å²) in [6.07, 6.45) is 2.84. The van der Waals surface area contributed by atoms with Gasteiger partial charge in [-0.2, -0.15) is 0 Å². The first-order chi connectivity index (χ1) is 8.48. The van der Waals surface area contributed by atoms with Crippen molar-refractivity contribution < 1.29 is 14.6 Å². The lowest BCUT2D eigenvalue weighted by Gasteiger charge is -2.18. The van der Waals surface area contributed by atoms with Crippen molar-refractivity contribution in [1.82, 2.24) is 0 Å². The highest BCUT2D eigenvalue weighted by Gasteiger charge is 2.42. The highest BCUT2D eigenvalue weighted by molar-refractivity contribution is 5.49. The Hall–Kier alpha value is -1.16. The molecule has 1 aliphatic rings. The number of hydrogen-bond donors (Lipinski definition) is 1. The van der Waals surface area contributed by atoms with Gasteiger partial charge >= 0.3 is 0 Å². The van der Waals surface area contributed by atoms with Crippen LogP contribution in [0.4, 0.5) is 0 Å². The number of hydrogen-bond acceptors (Lipinski definition) is 3. The minimum atomic E-state index is -0.645. The molecule has 1 N–H and O–H groups in total. The molecule has 2 rings (SSSR count). The Morgan fingerprint density at radius 3 is 2.50 bits per heavy atom. The third-order valence-electron chi connectivity index (χ3n) is 2.92. The van der Waals surface area contributed by atoms with Gasteiger partial charge in [0.15, 0.2) is 5.79 Å². The lowest BCUT2D eigenvalue weighted by atomic mass is 10.1. The zero-order valence-electron chi connectivity index (χ0n) is 11.0. The fraction of sp³-hybridized carbons (Fsp3) is 0.467. The van der Waals surface area contributed by atoms with Crippen molar-refractivity contribution in [3.8, 4) is 0 Å². The maximum atomic E-state index is 9.71. The topological polar surface area (TPSA) is 38.7 Å². The quantitative estimate of drug-likeness (QED) is 0.893. The van der Waals surface area contributed by atoms with E-state index in [0.717, 1.165) is 5.56 Å². The van der Waals surface area contributed by atoms with Gasteiger partial charge in [0.25, 0.3) is 0 Å². The zero-order chi connectivity index (χ0) is 13.2. The molecule has 98 valence electrons. The van der Waals surface area contributed by atoms with E-state index in [-0.39, 0.29) is 12.2 Å². The highest BCUT2D eigenvalue weighted by atomic mass is 16.8. The molecule has 0 aromatic heterocycles. The molecule has 0 spiro atoms. The Kier molecular flexibility index (Phi) is 3.85. The molecule has 0 aliphatic carbocycles. The van der Waals surface area contributed by atoms with E-state index in [1.807, 2.05) is 56.3 Å². The number of ether oxygens (including phenoxy) is 2. The van der Waals surface area contributed by atoms with Gasteiger partial charge in [-0.25, -0.2) is 0 Å². The molecule has 1 aromatic rings. The van der Waals surface area contributed by atoms with E-state index in [1.54, 1.807) is 6.92 Å². The molecule has 0 unspecified atom stereocenters. The fourth-order valence-corrected chi connectivity index (χ4v) is 2.11. The summed E-state index contributed by atoms with van der Waals surface area (Å²) >= 11 is 0. The van der Waals surface area contributed by atoms with Gasteiger partial charge in [0.1, 0.15) is 12.2 Å². The first kappa shape index (κ1) is 13.3. The van der Waals surface area contributed by atoms with E-state index >= 15 is 0 Å². The van der Waals surface area contributed by atoms with Crippen LogP contribution in [0.3, 0.4) is 0 Å². The standard InChI is InChI=1S/C15H20O3/c1-11(16)14-13(17-15(2,3)18-14)10-9-12-7-5-4-6-8-12/h4-11,13-14,16H,1-3H3/b10-9+/t11-,13-,14+/m0/s1. The van der Waals surface area contributed by atoms with E-state index in [4.69, 9.17) is 9.47 Å². The Morgan fingerprint density at radius 1 is 1.22 bits per heavy atom. The average Bonchev–Trinajstić information content (AvgIpc) is 2.64. The maximum Gasteiger partial charge on any atom is 0.164 e. The van der Waals surface area contributed by atoms with Gasteiger partial charge in [-0.3, -0.25) is 0 Å². The summed E-state index contributed by atoms with van der Waals surface area (Å²) in [7, 11) is 0. The van der Waals surface area contributed by atoms with Crippen LogP contribution in [-0.2, 0) is 9.47 Å². The van der Waals surface area contributed by atoms with Crippen molar-refractivity contribution in [2.45, 2.75) is 44.9 Å². The minimum Gasteiger partial charge on any atom is -0.391 e. The van der Waals surface area contributed by atoms with Crippen LogP contribution >= 0.6 is 0 Å².